The van der Waals surface area contributed by atoms with Crippen LogP contribution in [0.4, 0.5) is 0 Å². The number of amidine groups is 1. The molecule has 0 amide bonds. The molecule has 0 saturated carbocycles. The molecule has 0 aromatic heterocycles. The fourth-order valence-corrected chi connectivity index (χ4v) is 2.24. The molecule has 0 spiro atoms. The van der Waals surface area contributed by atoms with Crippen LogP contribution in [0, 0.1) is 11.5 Å². The molecule has 5 heteroatoms. The molecule has 1 aliphatic rings. The summed E-state index contributed by atoms with van der Waals surface area (Å²) in [5, 5.41) is 9.28. The van der Waals surface area contributed by atoms with Crippen molar-refractivity contribution in [2.75, 3.05) is 19.9 Å². The number of aliphatic imine (C=N–C) groups is 1. The number of hydrogen-bond acceptors (Lipinski definition) is 4. The first kappa shape index (κ1) is 11.3. The van der Waals surface area contributed by atoms with Gasteiger partial charge < -0.3 is 9.64 Å². The Morgan fingerprint density at radius 1 is 1.71 bits per heavy atom. The molecule has 78 valence electrons. The van der Waals surface area contributed by atoms with Gasteiger partial charge in [-0.15, -0.1) is 4.99 Å². The molecule has 0 aromatic carbocycles. The predicted molar refractivity (Wildman–Crippen MR) is 58.1 cm³/mol. The Kier molecular flexibility index (Phi) is 4.23. The Bertz CT molecular complexity index is 261. The first-order valence-electron chi connectivity index (χ1n) is 4.56. The van der Waals surface area contributed by atoms with Gasteiger partial charge in [0.15, 0.2) is 5.17 Å². The summed E-state index contributed by atoms with van der Waals surface area (Å²) in [4.78, 5) is 5.81. The topological polar surface area (TPSA) is 48.6 Å². The SMILES string of the molecule is CSC(=NC#N)N(C)C1CCOC1C. The van der Waals surface area contributed by atoms with Gasteiger partial charge in [-0.3, -0.25) is 0 Å². The summed E-state index contributed by atoms with van der Waals surface area (Å²) in [7, 11) is 1.96. The van der Waals surface area contributed by atoms with E-state index in [9.17, 15) is 0 Å². The summed E-state index contributed by atoms with van der Waals surface area (Å²) in [6.45, 7) is 2.85. The van der Waals surface area contributed by atoms with Crippen molar-refractivity contribution in [2.45, 2.75) is 25.5 Å². The van der Waals surface area contributed by atoms with Crippen LogP contribution in [0.25, 0.3) is 0 Å². The van der Waals surface area contributed by atoms with E-state index in [4.69, 9.17) is 10.00 Å². The van der Waals surface area contributed by atoms with Gasteiger partial charge in [-0.1, -0.05) is 11.8 Å². The van der Waals surface area contributed by atoms with Crippen LogP contribution >= 0.6 is 11.8 Å². The number of rotatable bonds is 1. The van der Waals surface area contributed by atoms with Crippen LogP contribution in [-0.4, -0.2) is 42.1 Å². The molecular weight excluding hydrogens is 198 g/mol. The fourth-order valence-electron chi connectivity index (χ4n) is 1.68. The van der Waals surface area contributed by atoms with Gasteiger partial charge in [0.2, 0.25) is 6.19 Å². The lowest BCUT2D eigenvalue weighted by Gasteiger charge is -2.27. The van der Waals surface area contributed by atoms with E-state index >= 15 is 0 Å². The summed E-state index contributed by atoms with van der Waals surface area (Å²) in [6, 6.07) is 0.342. The average Bonchev–Trinajstić information content (AvgIpc) is 2.59. The average molecular weight is 213 g/mol. The quantitative estimate of drug-likeness (QED) is 0.374. The number of thioether (sulfide) groups is 1. The van der Waals surface area contributed by atoms with Gasteiger partial charge >= 0.3 is 0 Å². The van der Waals surface area contributed by atoms with Crippen molar-refractivity contribution in [3.63, 3.8) is 0 Å². The number of likely N-dealkylation sites (N-methyl/N-ethyl adjacent to an activating group) is 1. The highest BCUT2D eigenvalue weighted by molar-refractivity contribution is 8.13. The molecule has 0 aromatic rings. The van der Waals surface area contributed by atoms with Crippen molar-refractivity contribution < 1.29 is 4.74 Å². The molecule has 2 atom stereocenters. The minimum absolute atomic E-state index is 0.219. The monoisotopic (exact) mass is 213 g/mol. The predicted octanol–water partition coefficient (Wildman–Crippen LogP) is 1.30. The third kappa shape index (κ3) is 2.40. The number of nitriles is 1. The molecule has 1 rings (SSSR count). The standard InChI is InChI=1S/C9H15N3OS/c1-7-8(4-5-13-7)12(2)9(14-3)11-6-10/h7-8H,4-5H2,1-3H3. The summed E-state index contributed by atoms with van der Waals surface area (Å²) in [6.07, 6.45) is 4.97. The summed E-state index contributed by atoms with van der Waals surface area (Å²) in [5.74, 6) is 0. The highest BCUT2D eigenvalue weighted by Gasteiger charge is 2.29. The van der Waals surface area contributed by atoms with E-state index in [1.165, 1.54) is 11.8 Å². The van der Waals surface area contributed by atoms with Crippen molar-refractivity contribution in [1.82, 2.24) is 4.90 Å². The first-order chi connectivity index (χ1) is 6.70. The lowest BCUT2D eigenvalue weighted by Crippen LogP contribution is -2.39. The van der Waals surface area contributed by atoms with Gasteiger partial charge in [0.1, 0.15) is 0 Å². The maximum absolute atomic E-state index is 8.52. The second-order valence-corrected chi connectivity index (χ2v) is 4.01. The Morgan fingerprint density at radius 3 is 2.86 bits per heavy atom. The molecule has 1 heterocycles. The van der Waals surface area contributed by atoms with E-state index in [0.29, 0.717) is 6.04 Å². The second-order valence-electron chi connectivity index (χ2n) is 3.24. The molecule has 14 heavy (non-hydrogen) atoms. The van der Waals surface area contributed by atoms with Gasteiger partial charge in [0.25, 0.3) is 0 Å². The molecule has 1 saturated heterocycles. The number of hydrogen-bond donors (Lipinski definition) is 0. The van der Waals surface area contributed by atoms with E-state index in [2.05, 4.69) is 11.9 Å². The smallest absolute Gasteiger partial charge is 0.208 e. The summed E-state index contributed by atoms with van der Waals surface area (Å²) >= 11 is 1.49. The number of nitrogens with zero attached hydrogens (tertiary/aromatic N) is 3. The first-order valence-corrected chi connectivity index (χ1v) is 5.78. The minimum Gasteiger partial charge on any atom is -0.376 e. The van der Waals surface area contributed by atoms with Crippen molar-refractivity contribution in [3.05, 3.63) is 0 Å². The highest BCUT2D eigenvalue weighted by Crippen LogP contribution is 2.20. The Morgan fingerprint density at radius 2 is 2.43 bits per heavy atom. The maximum atomic E-state index is 8.52. The molecule has 0 N–H and O–H groups in total. The van der Waals surface area contributed by atoms with Crippen LogP contribution < -0.4 is 0 Å². The lowest BCUT2D eigenvalue weighted by molar-refractivity contribution is 0.100. The lowest BCUT2D eigenvalue weighted by atomic mass is 10.1. The zero-order valence-electron chi connectivity index (χ0n) is 8.73. The van der Waals surface area contributed by atoms with E-state index in [-0.39, 0.29) is 6.10 Å². The van der Waals surface area contributed by atoms with Crippen LogP contribution in [0.1, 0.15) is 13.3 Å². The molecule has 2 unspecified atom stereocenters. The van der Waals surface area contributed by atoms with Crippen molar-refractivity contribution >= 4 is 16.9 Å². The van der Waals surface area contributed by atoms with Crippen molar-refractivity contribution in [2.24, 2.45) is 4.99 Å². The van der Waals surface area contributed by atoms with Gasteiger partial charge in [-0.2, -0.15) is 5.26 Å². The Hall–Kier alpha value is -0.730. The zero-order chi connectivity index (χ0) is 10.6. The maximum Gasteiger partial charge on any atom is 0.208 e. The Balaban J connectivity index is 2.68. The molecule has 1 fully saturated rings. The van der Waals surface area contributed by atoms with Crippen molar-refractivity contribution in [1.29, 1.82) is 5.26 Å². The minimum atomic E-state index is 0.219. The van der Waals surface area contributed by atoms with E-state index in [1.807, 2.05) is 24.4 Å². The van der Waals surface area contributed by atoms with Crippen molar-refractivity contribution in [3.8, 4) is 6.19 Å². The highest BCUT2D eigenvalue weighted by atomic mass is 32.2. The van der Waals surface area contributed by atoms with Gasteiger partial charge in [-0.25, -0.2) is 0 Å². The Labute approximate surface area is 88.9 Å². The third-order valence-corrected chi connectivity index (χ3v) is 3.21. The normalized spacial score (nSPS) is 27.4. The van der Waals surface area contributed by atoms with E-state index in [1.54, 1.807) is 0 Å². The third-order valence-electron chi connectivity index (χ3n) is 2.46. The second kappa shape index (κ2) is 5.23. The van der Waals surface area contributed by atoms with Crippen LogP contribution in [0.3, 0.4) is 0 Å². The van der Waals surface area contributed by atoms with Gasteiger partial charge in [0, 0.05) is 13.7 Å². The van der Waals surface area contributed by atoms with E-state index in [0.717, 1.165) is 18.2 Å². The zero-order valence-corrected chi connectivity index (χ0v) is 9.54. The molecule has 4 nitrogen and oxygen atoms in total. The molecule has 0 radical (unpaired) electrons. The molecular formula is C9H15N3OS. The largest absolute Gasteiger partial charge is 0.376 e. The van der Waals surface area contributed by atoms with E-state index < -0.39 is 0 Å². The van der Waals surface area contributed by atoms with Crippen LogP contribution in [0.15, 0.2) is 4.99 Å². The number of ether oxygens (including phenoxy) is 1. The van der Waals surface area contributed by atoms with Crippen LogP contribution in [0.5, 0.6) is 0 Å². The van der Waals surface area contributed by atoms with Crippen LogP contribution in [0.2, 0.25) is 0 Å². The molecule has 0 aliphatic carbocycles. The molecule has 1 aliphatic heterocycles. The van der Waals surface area contributed by atoms with Gasteiger partial charge in [-0.05, 0) is 19.6 Å². The summed E-state index contributed by atoms with van der Waals surface area (Å²) < 4.78 is 5.47. The fraction of sp³-hybridized carbons (Fsp3) is 0.778. The van der Waals surface area contributed by atoms with Crippen LogP contribution in [-0.2, 0) is 4.74 Å². The summed E-state index contributed by atoms with van der Waals surface area (Å²) in [5.41, 5.74) is 0. The van der Waals surface area contributed by atoms with Gasteiger partial charge in [0.05, 0.1) is 12.1 Å². The molecule has 0 bridgehead atoms.